The van der Waals surface area contributed by atoms with Gasteiger partial charge in [0.1, 0.15) is 0 Å². The van der Waals surface area contributed by atoms with Gasteiger partial charge in [0.15, 0.2) is 11.5 Å². The number of ether oxygens (including phenoxy) is 2. The molecule has 2 rings (SSSR count). The molecule has 0 saturated heterocycles. The second-order valence-corrected chi connectivity index (χ2v) is 6.83. The fourth-order valence-electron chi connectivity index (χ4n) is 3.02. The first-order valence-corrected chi connectivity index (χ1v) is 8.86. The molecule has 0 spiro atoms. The summed E-state index contributed by atoms with van der Waals surface area (Å²) in [6.07, 6.45) is 0.321. The fourth-order valence-corrected chi connectivity index (χ4v) is 3.02. The van der Waals surface area contributed by atoms with Crippen molar-refractivity contribution in [3.63, 3.8) is 0 Å². The molecule has 142 valence electrons. The number of rotatable bonds is 8. The third-order valence-corrected chi connectivity index (χ3v) is 4.37. The summed E-state index contributed by atoms with van der Waals surface area (Å²) in [5, 5.41) is 7.54. The van der Waals surface area contributed by atoms with Gasteiger partial charge in [0, 0.05) is 29.9 Å². The van der Waals surface area contributed by atoms with Crippen molar-refractivity contribution in [1.29, 1.82) is 0 Å². The van der Waals surface area contributed by atoms with Gasteiger partial charge in [-0.1, -0.05) is 26.0 Å². The highest BCUT2D eigenvalue weighted by molar-refractivity contribution is 5.79. The summed E-state index contributed by atoms with van der Waals surface area (Å²) in [6, 6.07) is 5.63. The Morgan fingerprint density at radius 2 is 1.96 bits per heavy atom. The average molecular weight is 359 g/mol. The topological polar surface area (TPSA) is 65.4 Å². The number of methoxy groups -OCH3 is 2. The number of nitrogens with zero attached hydrogens (tertiary/aromatic N) is 2. The number of aryl methyl sites for hydroxylation is 1. The molecular formula is C20H29N3O3. The number of hydrogen-bond donors (Lipinski definition) is 1. The molecule has 26 heavy (non-hydrogen) atoms. The van der Waals surface area contributed by atoms with E-state index in [1.54, 1.807) is 14.2 Å². The van der Waals surface area contributed by atoms with E-state index in [1.165, 1.54) is 0 Å². The summed E-state index contributed by atoms with van der Waals surface area (Å²) in [7, 11) is 3.19. The van der Waals surface area contributed by atoms with Crippen LogP contribution < -0.4 is 14.8 Å². The molecule has 0 radical (unpaired) electrons. The molecule has 0 bridgehead atoms. The minimum Gasteiger partial charge on any atom is -0.493 e. The number of hydrogen-bond acceptors (Lipinski definition) is 4. The molecule has 6 nitrogen and oxygen atoms in total. The molecule has 0 aliphatic heterocycles. The third-order valence-electron chi connectivity index (χ3n) is 4.37. The van der Waals surface area contributed by atoms with Crippen LogP contribution in [0.2, 0.25) is 0 Å². The fraction of sp³-hybridized carbons (Fsp3) is 0.500. The zero-order valence-electron chi connectivity index (χ0n) is 16.5. The van der Waals surface area contributed by atoms with E-state index < -0.39 is 0 Å². The highest BCUT2D eigenvalue weighted by Crippen LogP contribution is 2.30. The minimum atomic E-state index is -0.0369. The zero-order valence-corrected chi connectivity index (χ0v) is 16.5. The van der Waals surface area contributed by atoms with Crippen molar-refractivity contribution in [3.05, 3.63) is 40.7 Å². The molecule has 0 saturated carbocycles. The first kappa shape index (κ1) is 19.8. The Morgan fingerprint density at radius 3 is 2.58 bits per heavy atom. The molecule has 6 heteroatoms. The Labute approximate surface area is 155 Å². The van der Waals surface area contributed by atoms with Crippen LogP contribution in [0.3, 0.4) is 0 Å². The first-order valence-electron chi connectivity index (χ1n) is 8.86. The number of carbonyl (C=O) groups excluding carboxylic acids is 1. The van der Waals surface area contributed by atoms with Gasteiger partial charge in [-0.25, -0.2) is 0 Å². The van der Waals surface area contributed by atoms with Crippen LogP contribution in [0.4, 0.5) is 0 Å². The van der Waals surface area contributed by atoms with Gasteiger partial charge in [-0.2, -0.15) is 5.10 Å². The summed E-state index contributed by atoms with van der Waals surface area (Å²) in [5.41, 5.74) is 3.85. The van der Waals surface area contributed by atoms with Crippen LogP contribution in [0.25, 0.3) is 0 Å². The van der Waals surface area contributed by atoms with Crippen molar-refractivity contribution < 1.29 is 14.3 Å². The van der Waals surface area contributed by atoms with Gasteiger partial charge in [0.25, 0.3) is 0 Å². The summed E-state index contributed by atoms with van der Waals surface area (Å²) < 4.78 is 12.7. The Bertz CT molecular complexity index is 766. The van der Waals surface area contributed by atoms with Crippen LogP contribution in [0.15, 0.2) is 18.2 Å². The zero-order chi connectivity index (χ0) is 19.3. The first-order chi connectivity index (χ1) is 12.4. The molecule has 0 unspecified atom stereocenters. The molecule has 0 aliphatic rings. The summed E-state index contributed by atoms with van der Waals surface area (Å²) in [5.74, 6) is 1.77. The molecule has 0 atom stereocenters. The quantitative estimate of drug-likeness (QED) is 0.787. The maximum Gasteiger partial charge on any atom is 0.224 e. The van der Waals surface area contributed by atoms with E-state index in [9.17, 15) is 4.79 Å². The van der Waals surface area contributed by atoms with Gasteiger partial charge in [-0.15, -0.1) is 0 Å². The summed E-state index contributed by atoms with van der Waals surface area (Å²) in [6.45, 7) is 9.54. The number of amides is 1. The lowest BCUT2D eigenvalue weighted by Gasteiger charge is -2.13. The second-order valence-electron chi connectivity index (χ2n) is 6.83. The van der Waals surface area contributed by atoms with Gasteiger partial charge < -0.3 is 14.8 Å². The van der Waals surface area contributed by atoms with Crippen molar-refractivity contribution in [3.8, 4) is 11.5 Å². The number of nitrogens with one attached hydrogen (secondary N) is 1. The highest BCUT2D eigenvalue weighted by Gasteiger charge is 2.16. The van der Waals surface area contributed by atoms with E-state index in [1.807, 2.05) is 36.7 Å². The Hall–Kier alpha value is -2.50. The minimum absolute atomic E-state index is 0.0369. The highest BCUT2D eigenvalue weighted by atomic mass is 16.5. The van der Waals surface area contributed by atoms with Crippen LogP contribution >= 0.6 is 0 Å². The third kappa shape index (κ3) is 4.56. The molecule has 0 aliphatic carbocycles. The van der Waals surface area contributed by atoms with E-state index in [2.05, 4.69) is 24.3 Å². The van der Waals surface area contributed by atoms with Crippen LogP contribution in [0.1, 0.15) is 36.4 Å². The molecule has 1 amide bonds. The summed E-state index contributed by atoms with van der Waals surface area (Å²) in [4.78, 5) is 12.5. The van der Waals surface area contributed by atoms with Gasteiger partial charge in [-0.3, -0.25) is 9.48 Å². The average Bonchev–Trinajstić information content (AvgIpc) is 2.86. The van der Waals surface area contributed by atoms with Crippen molar-refractivity contribution in [2.75, 3.05) is 14.2 Å². The van der Waals surface area contributed by atoms with Crippen LogP contribution in [0, 0.1) is 19.8 Å². The van der Waals surface area contributed by atoms with E-state index in [0.29, 0.717) is 30.4 Å². The predicted molar refractivity (Wildman–Crippen MR) is 102 cm³/mol. The van der Waals surface area contributed by atoms with Crippen LogP contribution in [0.5, 0.6) is 11.5 Å². The van der Waals surface area contributed by atoms with E-state index in [-0.39, 0.29) is 5.91 Å². The maximum atomic E-state index is 12.5. The standard InChI is InChI=1S/C20H29N3O3/c1-13(2)12-23-15(4)17(14(3)22-23)10-19(24)21-11-16-8-7-9-18(25-5)20(16)26-6/h7-9,13H,10-12H2,1-6H3,(H,21,24). The molecular weight excluding hydrogens is 330 g/mol. The maximum absolute atomic E-state index is 12.5. The van der Waals surface area contributed by atoms with Gasteiger partial charge in [0.2, 0.25) is 5.91 Å². The Balaban J connectivity index is 2.05. The molecule has 1 N–H and O–H groups in total. The number of carbonyl (C=O) groups is 1. The number of benzene rings is 1. The smallest absolute Gasteiger partial charge is 0.224 e. The van der Waals surface area contributed by atoms with E-state index in [4.69, 9.17) is 9.47 Å². The van der Waals surface area contributed by atoms with E-state index >= 15 is 0 Å². The summed E-state index contributed by atoms with van der Waals surface area (Å²) >= 11 is 0. The van der Waals surface area contributed by atoms with Gasteiger partial charge in [-0.05, 0) is 25.8 Å². The Morgan fingerprint density at radius 1 is 1.23 bits per heavy atom. The lowest BCUT2D eigenvalue weighted by atomic mass is 10.1. The lowest BCUT2D eigenvalue weighted by molar-refractivity contribution is -0.120. The van der Waals surface area contributed by atoms with Crippen LogP contribution in [-0.2, 0) is 24.3 Å². The number of para-hydroxylation sites is 1. The number of aromatic nitrogens is 2. The molecule has 1 aromatic heterocycles. The molecule has 1 aromatic carbocycles. The van der Waals surface area contributed by atoms with E-state index in [0.717, 1.165) is 29.1 Å². The largest absolute Gasteiger partial charge is 0.493 e. The van der Waals surface area contributed by atoms with Crippen molar-refractivity contribution in [1.82, 2.24) is 15.1 Å². The molecule has 0 fully saturated rings. The Kier molecular flexibility index (Phi) is 6.66. The van der Waals surface area contributed by atoms with Gasteiger partial charge in [0.05, 0.1) is 26.3 Å². The monoisotopic (exact) mass is 359 g/mol. The lowest BCUT2D eigenvalue weighted by Crippen LogP contribution is -2.25. The van der Waals surface area contributed by atoms with Crippen molar-refractivity contribution in [2.24, 2.45) is 5.92 Å². The van der Waals surface area contributed by atoms with Crippen molar-refractivity contribution in [2.45, 2.75) is 47.2 Å². The van der Waals surface area contributed by atoms with Gasteiger partial charge >= 0.3 is 0 Å². The van der Waals surface area contributed by atoms with Crippen molar-refractivity contribution >= 4 is 5.91 Å². The van der Waals surface area contributed by atoms with Crippen LogP contribution in [-0.4, -0.2) is 29.9 Å². The predicted octanol–water partition coefficient (Wildman–Crippen LogP) is 3.03. The molecule has 2 aromatic rings. The molecule has 1 heterocycles. The SMILES string of the molecule is COc1cccc(CNC(=O)Cc2c(C)nn(CC(C)C)c2C)c1OC. The normalized spacial score (nSPS) is 10.9. The second kappa shape index (κ2) is 8.74.